The van der Waals surface area contributed by atoms with E-state index in [1.807, 2.05) is 24.3 Å². The third kappa shape index (κ3) is 5.11. The van der Waals surface area contributed by atoms with Crippen molar-refractivity contribution in [1.29, 1.82) is 0 Å². The molecular weight excluding hydrogens is 388 g/mol. The summed E-state index contributed by atoms with van der Waals surface area (Å²) in [5, 5.41) is 12.7. The summed E-state index contributed by atoms with van der Waals surface area (Å²) in [5.41, 5.74) is 0.971. The number of aromatic nitrogens is 3. The van der Waals surface area contributed by atoms with Crippen LogP contribution in [0.5, 0.6) is 5.75 Å². The van der Waals surface area contributed by atoms with Crippen LogP contribution in [0.15, 0.2) is 29.4 Å². The van der Waals surface area contributed by atoms with E-state index in [9.17, 15) is 4.79 Å². The lowest BCUT2D eigenvalue weighted by atomic mass is 10.2. The number of rotatable bonds is 8. The van der Waals surface area contributed by atoms with Crippen molar-refractivity contribution in [3.05, 3.63) is 24.3 Å². The Kier molecular flexibility index (Phi) is 6.71. The normalized spacial score (nSPS) is 19.6. The van der Waals surface area contributed by atoms with E-state index < -0.39 is 0 Å². The Morgan fingerprint density at radius 2 is 2.00 bits per heavy atom. The maximum absolute atomic E-state index is 12.3. The van der Waals surface area contributed by atoms with Crippen molar-refractivity contribution in [2.45, 2.75) is 62.4 Å². The van der Waals surface area contributed by atoms with E-state index in [4.69, 9.17) is 9.47 Å². The molecule has 7 nitrogen and oxygen atoms in total. The molecule has 0 bridgehead atoms. The largest absolute Gasteiger partial charge is 0.497 e. The molecule has 0 unspecified atom stereocenters. The minimum atomic E-state index is 0.0690. The molecule has 1 aliphatic carbocycles. The molecule has 2 aromatic rings. The van der Waals surface area contributed by atoms with Crippen LogP contribution < -0.4 is 10.1 Å². The minimum absolute atomic E-state index is 0.0690. The van der Waals surface area contributed by atoms with E-state index in [-0.39, 0.29) is 12.0 Å². The summed E-state index contributed by atoms with van der Waals surface area (Å²) in [6.45, 7) is 1.50. The summed E-state index contributed by atoms with van der Waals surface area (Å²) in [6, 6.07) is 8.14. The maximum atomic E-state index is 12.3. The van der Waals surface area contributed by atoms with Crippen LogP contribution in [0.1, 0.15) is 38.5 Å². The number of methoxy groups -OCH3 is 1. The summed E-state index contributed by atoms with van der Waals surface area (Å²) in [7, 11) is 1.65. The topological polar surface area (TPSA) is 78.3 Å². The molecule has 8 heteroatoms. The lowest BCUT2D eigenvalue weighted by Crippen LogP contribution is -2.33. The first-order chi connectivity index (χ1) is 14.2. The van der Waals surface area contributed by atoms with Gasteiger partial charge in [0.05, 0.1) is 25.5 Å². The number of carbonyl (C=O) groups is 1. The van der Waals surface area contributed by atoms with Gasteiger partial charge in [0.2, 0.25) is 5.91 Å². The fraction of sp³-hybridized carbons (Fsp3) is 0.571. The molecule has 1 atom stereocenters. The van der Waals surface area contributed by atoms with Crippen LogP contribution in [-0.2, 0) is 16.1 Å². The number of amides is 1. The van der Waals surface area contributed by atoms with Gasteiger partial charge in [0.25, 0.3) is 0 Å². The zero-order chi connectivity index (χ0) is 20.1. The predicted octanol–water partition coefficient (Wildman–Crippen LogP) is 3.28. The minimum Gasteiger partial charge on any atom is -0.497 e. The van der Waals surface area contributed by atoms with E-state index >= 15 is 0 Å². The van der Waals surface area contributed by atoms with Crippen molar-refractivity contribution in [3.8, 4) is 17.1 Å². The molecule has 2 aliphatic rings. The van der Waals surface area contributed by atoms with Crippen LogP contribution in [0, 0.1) is 0 Å². The Balaban J connectivity index is 1.49. The fourth-order valence-corrected chi connectivity index (χ4v) is 4.73. The van der Waals surface area contributed by atoms with Gasteiger partial charge in [0.1, 0.15) is 5.75 Å². The van der Waals surface area contributed by atoms with Gasteiger partial charge < -0.3 is 14.8 Å². The van der Waals surface area contributed by atoms with E-state index in [1.54, 1.807) is 7.11 Å². The SMILES string of the molecule is COc1ccc(-c2nnc(SCC(=O)NC3CCCC3)n2C[C@H]2CCCO2)cc1. The van der Waals surface area contributed by atoms with Gasteiger partial charge in [-0.3, -0.25) is 9.36 Å². The second-order valence-electron chi connectivity index (χ2n) is 7.62. The first-order valence-electron chi connectivity index (χ1n) is 10.3. The lowest BCUT2D eigenvalue weighted by Gasteiger charge is -2.15. The predicted molar refractivity (Wildman–Crippen MR) is 112 cm³/mol. The second kappa shape index (κ2) is 9.63. The Labute approximate surface area is 175 Å². The average Bonchev–Trinajstić information content (AvgIpc) is 3.50. The molecule has 29 heavy (non-hydrogen) atoms. The fourth-order valence-electron chi connectivity index (χ4n) is 3.98. The zero-order valence-corrected chi connectivity index (χ0v) is 17.6. The van der Waals surface area contributed by atoms with Crippen LogP contribution in [0.4, 0.5) is 0 Å². The highest BCUT2D eigenvalue weighted by Gasteiger charge is 2.23. The van der Waals surface area contributed by atoms with Gasteiger partial charge in [-0.15, -0.1) is 10.2 Å². The van der Waals surface area contributed by atoms with Crippen molar-refractivity contribution in [1.82, 2.24) is 20.1 Å². The van der Waals surface area contributed by atoms with Gasteiger partial charge in [-0.05, 0) is 49.9 Å². The van der Waals surface area contributed by atoms with Crippen LogP contribution in [0.25, 0.3) is 11.4 Å². The molecular formula is C21H28N4O3S. The van der Waals surface area contributed by atoms with Gasteiger partial charge >= 0.3 is 0 Å². The molecule has 2 fully saturated rings. The summed E-state index contributed by atoms with van der Waals surface area (Å²) >= 11 is 1.44. The zero-order valence-electron chi connectivity index (χ0n) is 16.8. The van der Waals surface area contributed by atoms with Gasteiger partial charge in [-0.2, -0.15) is 0 Å². The number of hydrogen-bond acceptors (Lipinski definition) is 6. The molecule has 1 saturated carbocycles. The number of thioether (sulfide) groups is 1. The average molecular weight is 417 g/mol. The smallest absolute Gasteiger partial charge is 0.230 e. The van der Waals surface area contributed by atoms with Crippen molar-refractivity contribution in [2.24, 2.45) is 0 Å². The standard InChI is InChI=1S/C21H28N4O3S/c1-27-17-10-8-15(9-11-17)20-23-24-21(25(20)13-18-7-4-12-28-18)29-14-19(26)22-16-5-2-3-6-16/h8-11,16,18H,2-7,12-14H2,1H3,(H,22,26)/t18-/m1/s1. The quantitative estimate of drug-likeness (QED) is 0.666. The number of ether oxygens (including phenoxy) is 2. The van der Waals surface area contributed by atoms with E-state index in [0.717, 1.165) is 54.6 Å². The highest BCUT2D eigenvalue weighted by Crippen LogP contribution is 2.28. The first-order valence-corrected chi connectivity index (χ1v) is 11.3. The monoisotopic (exact) mass is 416 g/mol. The Morgan fingerprint density at radius 1 is 1.21 bits per heavy atom. The van der Waals surface area contributed by atoms with Gasteiger partial charge in [-0.25, -0.2) is 0 Å². The molecule has 1 saturated heterocycles. The van der Waals surface area contributed by atoms with Crippen LogP contribution in [-0.4, -0.2) is 52.3 Å². The number of benzene rings is 1. The summed E-state index contributed by atoms with van der Waals surface area (Å²) in [4.78, 5) is 12.3. The number of nitrogens with zero attached hydrogens (tertiary/aromatic N) is 3. The third-order valence-electron chi connectivity index (χ3n) is 5.53. The molecule has 1 aliphatic heterocycles. The molecule has 1 N–H and O–H groups in total. The summed E-state index contributed by atoms with van der Waals surface area (Å²) in [6.07, 6.45) is 6.87. The third-order valence-corrected chi connectivity index (χ3v) is 6.49. The molecule has 1 amide bonds. The molecule has 4 rings (SSSR count). The van der Waals surface area contributed by atoms with E-state index in [2.05, 4.69) is 20.1 Å². The van der Waals surface area contributed by atoms with Crippen molar-refractivity contribution in [2.75, 3.05) is 19.5 Å². The highest BCUT2D eigenvalue weighted by molar-refractivity contribution is 7.99. The molecule has 0 radical (unpaired) electrons. The number of carbonyl (C=O) groups excluding carboxylic acids is 1. The Morgan fingerprint density at radius 3 is 2.69 bits per heavy atom. The van der Waals surface area contributed by atoms with Crippen LogP contribution >= 0.6 is 11.8 Å². The van der Waals surface area contributed by atoms with Crippen LogP contribution in [0.3, 0.4) is 0 Å². The summed E-state index contributed by atoms with van der Waals surface area (Å²) in [5.74, 6) is 2.02. The molecule has 1 aromatic carbocycles. The first kappa shape index (κ1) is 20.2. The van der Waals surface area contributed by atoms with Crippen molar-refractivity contribution >= 4 is 17.7 Å². The lowest BCUT2D eigenvalue weighted by molar-refractivity contribution is -0.119. The molecule has 1 aromatic heterocycles. The van der Waals surface area contributed by atoms with Crippen molar-refractivity contribution in [3.63, 3.8) is 0 Å². The van der Waals surface area contributed by atoms with E-state index in [0.29, 0.717) is 18.3 Å². The molecule has 0 spiro atoms. The number of hydrogen-bond donors (Lipinski definition) is 1. The van der Waals surface area contributed by atoms with E-state index in [1.165, 1.54) is 24.6 Å². The Bertz CT molecular complexity index is 812. The highest BCUT2D eigenvalue weighted by atomic mass is 32.2. The molecule has 156 valence electrons. The summed E-state index contributed by atoms with van der Waals surface area (Å²) < 4.78 is 13.2. The number of nitrogens with one attached hydrogen (secondary N) is 1. The Hall–Kier alpha value is -2.06. The van der Waals surface area contributed by atoms with Crippen molar-refractivity contribution < 1.29 is 14.3 Å². The van der Waals surface area contributed by atoms with Gasteiger partial charge in [0, 0.05) is 18.2 Å². The second-order valence-corrected chi connectivity index (χ2v) is 8.56. The van der Waals surface area contributed by atoms with Crippen LogP contribution in [0.2, 0.25) is 0 Å². The maximum Gasteiger partial charge on any atom is 0.230 e. The van der Waals surface area contributed by atoms with Gasteiger partial charge in [0.15, 0.2) is 11.0 Å². The molecule has 2 heterocycles. The van der Waals surface area contributed by atoms with Gasteiger partial charge in [-0.1, -0.05) is 24.6 Å².